The number of nitro groups is 1. The Morgan fingerprint density at radius 2 is 1.26 bits per heavy atom. The number of nitrogens with one attached hydrogen (secondary N) is 2. The molecule has 134 valence electrons. The van der Waals surface area contributed by atoms with Gasteiger partial charge in [-0.25, -0.2) is 0 Å². The van der Waals surface area contributed by atoms with Gasteiger partial charge in [0.25, 0.3) is 17.5 Å². The van der Waals surface area contributed by atoms with Crippen LogP contribution in [-0.2, 0) is 0 Å². The average molecular weight is 361 g/mol. The second-order valence-corrected chi connectivity index (χ2v) is 5.63. The lowest BCUT2D eigenvalue weighted by molar-refractivity contribution is -0.383. The highest BCUT2D eigenvalue weighted by Crippen LogP contribution is 2.28. The van der Waals surface area contributed by atoms with Crippen LogP contribution in [0.1, 0.15) is 20.7 Å². The largest absolute Gasteiger partial charge is 0.322 e. The lowest BCUT2D eigenvalue weighted by atomic mass is 10.1. The van der Waals surface area contributed by atoms with Crippen LogP contribution < -0.4 is 10.6 Å². The number of carbonyl (C=O) groups is 2. The minimum atomic E-state index is -0.594. The summed E-state index contributed by atoms with van der Waals surface area (Å²) in [7, 11) is 0. The molecule has 0 aliphatic heterocycles. The van der Waals surface area contributed by atoms with Gasteiger partial charge in [0.1, 0.15) is 5.69 Å². The van der Waals surface area contributed by atoms with Crippen LogP contribution in [0.25, 0.3) is 0 Å². The SMILES string of the molecule is O=C(Nc1ccc([N+](=O)[O-])c(NC(=O)c2ccccc2)c1)c1ccccc1. The van der Waals surface area contributed by atoms with E-state index in [1.165, 1.54) is 18.2 Å². The topological polar surface area (TPSA) is 101 Å². The molecule has 27 heavy (non-hydrogen) atoms. The number of amides is 2. The van der Waals surface area contributed by atoms with Crippen molar-refractivity contribution in [1.29, 1.82) is 0 Å². The van der Waals surface area contributed by atoms with Crippen LogP contribution in [0.4, 0.5) is 17.1 Å². The van der Waals surface area contributed by atoms with E-state index in [1.807, 2.05) is 0 Å². The van der Waals surface area contributed by atoms with E-state index in [-0.39, 0.29) is 17.3 Å². The van der Waals surface area contributed by atoms with Gasteiger partial charge in [-0.05, 0) is 36.4 Å². The van der Waals surface area contributed by atoms with E-state index in [0.29, 0.717) is 16.8 Å². The van der Waals surface area contributed by atoms with Crippen molar-refractivity contribution in [2.75, 3.05) is 10.6 Å². The predicted octanol–water partition coefficient (Wildman–Crippen LogP) is 4.10. The molecule has 0 spiro atoms. The maximum absolute atomic E-state index is 12.3. The van der Waals surface area contributed by atoms with E-state index < -0.39 is 10.8 Å². The summed E-state index contributed by atoms with van der Waals surface area (Å²) < 4.78 is 0. The zero-order chi connectivity index (χ0) is 19.2. The van der Waals surface area contributed by atoms with E-state index in [4.69, 9.17) is 0 Å². The summed E-state index contributed by atoms with van der Waals surface area (Å²) in [5.74, 6) is -0.838. The van der Waals surface area contributed by atoms with Gasteiger partial charge in [0, 0.05) is 22.9 Å². The number of rotatable bonds is 5. The van der Waals surface area contributed by atoms with Gasteiger partial charge in [0.05, 0.1) is 4.92 Å². The third-order valence-corrected chi connectivity index (χ3v) is 3.77. The molecule has 2 N–H and O–H groups in total. The lowest BCUT2D eigenvalue weighted by Crippen LogP contribution is -2.15. The lowest BCUT2D eigenvalue weighted by Gasteiger charge is -2.10. The van der Waals surface area contributed by atoms with Gasteiger partial charge in [-0.15, -0.1) is 0 Å². The Labute approximate surface area is 154 Å². The smallest absolute Gasteiger partial charge is 0.292 e. The van der Waals surface area contributed by atoms with Gasteiger partial charge >= 0.3 is 0 Å². The number of hydrogen-bond acceptors (Lipinski definition) is 4. The molecule has 0 saturated carbocycles. The molecule has 0 unspecified atom stereocenters. The van der Waals surface area contributed by atoms with Crippen molar-refractivity contribution >= 4 is 28.9 Å². The Morgan fingerprint density at radius 3 is 1.78 bits per heavy atom. The molecule has 3 aromatic rings. The summed E-state index contributed by atoms with van der Waals surface area (Å²) in [6.45, 7) is 0. The number of carbonyl (C=O) groups excluding carboxylic acids is 2. The van der Waals surface area contributed by atoms with E-state index >= 15 is 0 Å². The molecule has 7 nitrogen and oxygen atoms in total. The fraction of sp³-hybridized carbons (Fsp3) is 0. The van der Waals surface area contributed by atoms with Crippen LogP contribution >= 0.6 is 0 Å². The molecule has 0 bridgehead atoms. The summed E-state index contributed by atoms with van der Waals surface area (Å²) >= 11 is 0. The molecule has 0 heterocycles. The molecule has 0 saturated heterocycles. The number of nitro benzene ring substituents is 1. The monoisotopic (exact) mass is 361 g/mol. The Morgan fingerprint density at radius 1 is 0.741 bits per heavy atom. The van der Waals surface area contributed by atoms with E-state index in [2.05, 4.69) is 10.6 Å². The highest BCUT2D eigenvalue weighted by molar-refractivity contribution is 6.07. The quantitative estimate of drug-likeness (QED) is 0.527. The van der Waals surface area contributed by atoms with Gasteiger partial charge in [0.2, 0.25) is 0 Å². The number of benzene rings is 3. The Hall–Kier alpha value is -4.00. The first-order chi connectivity index (χ1) is 13.0. The van der Waals surface area contributed by atoms with Crippen LogP contribution in [0.2, 0.25) is 0 Å². The molecule has 0 fully saturated rings. The number of hydrogen-bond donors (Lipinski definition) is 2. The summed E-state index contributed by atoms with van der Waals surface area (Å²) in [5, 5.41) is 16.5. The second kappa shape index (κ2) is 7.92. The normalized spacial score (nSPS) is 10.1. The average Bonchev–Trinajstić information content (AvgIpc) is 2.69. The zero-order valence-corrected chi connectivity index (χ0v) is 14.1. The first kappa shape index (κ1) is 17.8. The van der Waals surface area contributed by atoms with Crippen molar-refractivity contribution in [3.63, 3.8) is 0 Å². The Kier molecular flexibility index (Phi) is 5.22. The van der Waals surface area contributed by atoms with Gasteiger partial charge in [-0.1, -0.05) is 36.4 Å². The molecule has 0 atom stereocenters. The van der Waals surface area contributed by atoms with Crippen LogP contribution in [0.5, 0.6) is 0 Å². The molecule has 0 aromatic heterocycles. The molecule has 2 amide bonds. The third kappa shape index (κ3) is 4.35. The number of anilines is 2. The highest BCUT2D eigenvalue weighted by atomic mass is 16.6. The van der Waals surface area contributed by atoms with Gasteiger partial charge < -0.3 is 10.6 Å². The fourth-order valence-corrected chi connectivity index (χ4v) is 2.45. The molecular formula is C20H15N3O4. The Balaban J connectivity index is 1.85. The van der Waals surface area contributed by atoms with Crippen molar-refractivity contribution in [1.82, 2.24) is 0 Å². The Bertz CT molecular complexity index is 989. The summed E-state index contributed by atoms with van der Waals surface area (Å²) in [6.07, 6.45) is 0. The van der Waals surface area contributed by atoms with Gasteiger partial charge in [0.15, 0.2) is 0 Å². The molecule has 0 aliphatic rings. The van der Waals surface area contributed by atoms with Crippen molar-refractivity contribution in [3.8, 4) is 0 Å². The van der Waals surface area contributed by atoms with Crippen molar-refractivity contribution < 1.29 is 14.5 Å². The maximum Gasteiger partial charge on any atom is 0.292 e. The summed E-state index contributed by atoms with van der Waals surface area (Å²) in [5.41, 5.74) is 0.880. The van der Waals surface area contributed by atoms with Crippen molar-refractivity contribution in [2.24, 2.45) is 0 Å². The fourth-order valence-electron chi connectivity index (χ4n) is 2.45. The predicted molar refractivity (Wildman–Crippen MR) is 102 cm³/mol. The zero-order valence-electron chi connectivity index (χ0n) is 14.1. The van der Waals surface area contributed by atoms with E-state index in [0.717, 1.165) is 0 Å². The number of nitrogens with zero attached hydrogens (tertiary/aromatic N) is 1. The maximum atomic E-state index is 12.3. The second-order valence-electron chi connectivity index (χ2n) is 5.63. The van der Waals surface area contributed by atoms with Gasteiger partial charge in [-0.3, -0.25) is 19.7 Å². The molecule has 0 radical (unpaired) electrons. The molecule has 0 aliphatic carbocycles. The van der Waals surface area contributed by atoms with Crippen molar-refractivity contribution in [3.05, 3.63) is 100 Å². The highest BCUT2D eigenvalue weighted by Gasteiger charge is 2.18. The molecule has 7 heteroatoms. The van der Waals surface area contributed by atoms with E-state index in [9.17, 15) is 19.7 Å². The van der Waals surface area contributed by atoms with Crippen LogP contribution in [0.15, 0.2) is 78.9 Å². The summed E-state index contributed by atoms with van der Waals surface area (Å²) in [4.78, 5) is 35.2. The van der Waals surface area contributed by atoms with Gasteiger partial charge in [-0.2, -0.15) is 0 Å². The first-order valence-electron chi connectivity index (χ1n) is 8.06. The van der Waals surface area contributed by atoms with E-state index in [1.54, 1.807) is 60.7 Å². The summed E-state index contributed by atoms with van der Waals surface area (Å²) in [6, 6.07) is 20.9. The van der Waals surface area contributed by atoms with Crippen LogP contribution in [0, 0.1) is 10.1 Å². The standard InChI is InChI=1S/C20H15N3O4/c24-19(14-7-3-1-4-8-14)21-16-11-12-18(23(26)27)17(13-16)22-20(25)15-9-5-2-6-10-15/h1-13H,(H,21,24)(H,22,25). The minimum Gasteiger partial charge on any atom is -0.322 e. The third-order valence-electron chi connectivity index (χ3n) is 3.77. The van der Waals surface area contributed by atoms with Crippen LogP contribution in [-0.4, -0.2) is 16.7 Å². The minimum absolute atomic E-state index is 0.000264. The van der Waals surface area contributed by atoms with Crippen LogP contribution in [0.3, 0.4) is 0 Å². The van der Waals surface area contributed by atoms with Crippen molar-refractivity contribution in [2.45, 2.75) is 0 Å². The first-order valence-corrected chi connectivity index (χ1v) is 8.06. The molecular weight excluding hydrogens is 346 g/mol. The molecule has 3 rings (SSSR count). The molecule has 3 aromatic carbocycles.